The molecular formula is C9H12BrNOS. The van der Waals surface area contributed by atoms with Crippen molar-refractivity contribution in [1.82, 2.24) is 4.98 Å². The molecule has 0 saturated heterocycles. The molecule has 0 radical (unpaired) electrons. The molecule has 0 fully saturated rings. The second-order valence-corrected chi connectivity index (χ2v) is 4.61. The Bertz CT molecular complexity index is 252. The van der Waals surface area contributed by atoms with Crippen LogP contribution in [0.2, 0.25) is 0 Å². The van der Waals surface area contributed by atoms with Crippen LogP contribution in [-0.4, -0.2) is 28.2 Å². The van der Waals surface area contributed by atoms with Crippen LogP contribution in [0, 0.1) is 0 Å². The molecule has 72 valence electrons. The lowest BCUT2D eigenvalue weighted by Crippen LogP contribution is -2.13. The lowest BCUT2D eigenvalue weighted by molar-refractivity contribution is 0.199. The Balaban J connectivity index is 2.49. The minimum Gasteiger partial charge on any atom is -0.392 e. The molecule has 4 heteroatoms. The summed E-state index contributed by atoms with van der Waals surface area (Å²) < 4.78 is 0.968. The quantitative estimate of drug-likeness (QED) is 0.902. The average Bonchev–Trinajstić information content (AvgIpc) is 2.09. The Hall–Kier alpha value is -0.0600. The Morgan fingerprint density at radius 1 is 1.62 bits per heavy atom. The largest absolute Gasteiger partial charge is 0.392 e. The van der Waals surface area contributed by atoms with Crippen molar-refractivity contribution in [2.75, 3.05) is 12.0 Å². The smallest absolute Gasteiger partial charge is 0.0685 e. The maximum atomic E-state index is 9.50. The first kappa shape index (κ1) is 11.0. The zero-order chi connectivity index (χ0) is 9.68. The molecule has 13 heavy (non-hydrogen) atoms. The summed E-state index contributed by atoms with van der Waals surface area (Å²) in [7, 11) is 0. The fourth-order valence-corrected chi connectivity index (χ4v) is 1.76. The Labute approximate surface area is 90.9 Å². The van der Waals surface area contributed by atoms with Crippen LogP contribution in [0.3, 0.4) is 0 Å². The van der Waals surface area contributed by atoms with Gasteiger partial charge in [-0.05, 0) is 34.3 Å². The van der Waals surface area contributed by atoms with Gasteiger partial charge in [0.05, 0.1) is 6.10 Å². The molecule has 1 heterocycles. The summed E-state index contributed by atoms with van der Waals surface area (Å²) in [6, 6.07) is 3.86. The van der Waals surface area contributed by atoms with Crippen LogP contribution in [0.15, 0.2) is 22.8 Å². The zero-order valence-corrected chi connectivity index (χ0v) is 9.81. The maximum Gasteiger partial charge on any atom is 0.0685 e. The molecule has 1 unspecified atom stereocenters. The SMILES string of the molecule is CSCC(O)Cc1ccc(Br)cn1. The van der Waals surface area contributed by atoms with Crippen LogP contribution in [0.25, 0.3) is 0 Å². The van der Waals surface area contributed by atoms with Crippen molar-refractivity contribution in [1.29, 1.82) is 0 Å². The lowest BCUT2D eigenvalue weighted by Gasteiger charge is -2.07. The van der Waals surface area contributed by atoms with Gasteiger partial charge < -0.3 is 5.11 Å². The molecule has 1 N–H and O–H groups in total. The van der Waals surface area contributed by atoms with Gasteiger partial charge in [0.2, 0.25) is 0 Å². The highest BCUT2D eigenvalue weighted by molar-refractivity contribution is 9.10. The van der Waals surface area contributed by atoms with Crippen LogP contribution in [0.1, 0.15) is 5.69 Å². The van der Waals surface area contributed by atoms with Crippen molar-refractivity contribution in [2.45, 2.75) is 12.5 Å². The molecule has 0 spiro atoms. The third-order valence-electron chi connectivity index (χ3n) is 1.59. The topological polar surface area (TPSA) is 33.1 Å². The van der Waals surface area contributed by atoms with Crippen LogP contribution in [0.4, 0.5) is 0 Å². The van der Waals surface area contributed by atoms with Crippen LogP contribution in [0.5, 0.6) is 0 Å². The Kier molecular flexibility index (Phi) is 4.77. The summed E-state index contributed by atoms with van der Waals surface area (Å²) in [5.41, 5.74) is 0.935. The van der Waals surface area contributed by atoms with E-state index in [-0.39, 0.29) is 6.10 Å². The molecular weight excluding hydrogens is 250 g/mol. The number of nitrogens with zero attached hydrogens (tertiary/aromatic N) is 1. The number of hydrogen-bond donors (Lipinski definition) is 1. The average molecular weight is 262 g/mol. The van der Waals surface area contributed by atoms with Gasteiger partial charge in [-0.1, -0.05) is 0 Å². The van der Waals surface area contributed by atoms with Gasteiger partial charge in [-0.2, -0.15) is 11.8 Å². The molecule has 1 aromatic rings. The minimum absolute atomic E-state index is 0.288. The van der Waals surface area contributed by atoms with E-state index < -0.39 is 0 Å². The third kappa shape index (κ3) is 4.11. The molecule has 0 aliphatic heterocycles. The van der Waals surface area contributed by atoms with Crippen molar-refractivity contribution < 1.29 is 5.11 Å². The van der Waals surface area contributed by atoms with E-state index in [1.54, 1.807) is 18.0 Å². The Morgan fingerprint density at radius 3 is 2.92 bits per heavy atom. The molecule has 2 nitrogen and oxygen atoms in total. The second-order valence-electron chi connectivity index (χ2n) is 2.78. The highest BCUT2D eigenvalue weighted by Gasteiger charge is 2.04. The van der Waals surface area contributed by atoms with Gasteiger partial charge in [0, 0.05) is 28.5 Å². The first-order chi connectivity index (χ1) is 6.22. The van der Waals surface area contributed by atoms with E-state index >= 15 is 0 Å². The lowest BCUT2D eigenvalue weighted by atomic mass is 10.2. The van der Waals surface area contributed by atoms with Gasteiger partial charge in [-0.15, -0.1) is 0 Å². The number of halogens is 1. The molecule has 0 bridgehead atoms. The van der Waals surface area contributed by atoms with E-state index in [0.29, 0.717) is 6.42 Å². The number of hydrogen-bond acceptors (Lipinski definition) is 3. The molecule has 0 aliphatic carbocycles. The van der Waals surface area contributed by atoms with E-state index in [1.807, 2.05) is 18.4 Å². The number of thioether (sulfide) groups is 1. The number of aliphatic hydroxyl groups is 1. The number of pyridine rings is 1. The molecule has 1 aromatic heterocycles. The van der Waals surface area contributed by atoms with Gasteiger partial charge in [-0.25, -0.2) is 0 Å². The molecule has 0 saturated carbocycles. The summed E-state index contributed by atoms with van der Waals surface area (Å²) in [6.07, 6.45) is 4.08. The van der Waals surface area contributed by atoms with Gasteiger partial charge in [0.25, 0.3) is 0 Å². The van der Waals surface area contributed by atoms with Crippen LogP contribution < -0.4 is 0 Å². The normalized spacial score (nSPS) is 12.8. The molecule has 0 amide bonds. The highest BCUT2D eigenvalue weighted by Crippen LogP contribution is 2.09. The summed E-state index contributed by atoms with van der Waals surface area (Å²) in [5, 5.41) is 9.50. The minimum atomic E-state index is -0.288. The second kappa shape index (κ2) is 5.62. The van der Waals surface area contributed by atoms with Crippen molar-refractivity contribution in [3.8, 4) is 0 Å². The fraction of sp³-hybridized carbons (Fsp3) is 0.444. The van der Waals surface area contributed by atoms with E-state index in [0.717, 1.165) is 15.9 Å². The summed E-state index contributed by atoms with van der Waals surface area (Å²) >= 11 is 4.96. The standard InChI is InChI=1S/C9H12BrNOS/c1-13-6-9(12)4-8-3-2-7(10)5-11-8/h2-3,5,9,12H,4,6H2,1H3. The summed E-state index contributed by atoms with van der Waals surface area (Å²) in [6.45, 7) is 0. The molecule has 1 rings (SSSR count). The van der Waals surface area contributed by atoms with Crippen molar-refractivity contribution in [3.63, 3.8) is 0 Å². The molecule has 1 atom stereocenters. The van der Waals surface area contributed by atoms with E-state index in [2.05, 4.69) is 20.9 Å². The van der Waals surface area contributed by atoms with Gasteiger partial charge >= 0.3 is 0 Å². The van der Waals surface area contributed by atoms with Crippen LogP contribution in [-0.2, 0) is 6.42 Å². The summed E-state index contributed by atoms with van der Waals surface area (Å²) in [4.78, 5) is 4.18. The third-order valence-corrected chi connectivity index (χ3v) is 2.78. The van der Waals surface area contributed by atoms with E-state index in [1.165, 1.54) is 0 Å². The van der Waals surface area contributed by atoms with Crippen molar-refractivity contribution in [3.05, 3.63) is 28.5 Å². The predicted octanol–water partition coefficient (Wildman–Crippen LogP) is 2.11. The monoisotopic (exact) mass is 261 g/mol. The van der Waals surface area contributed by atoms with Crippen molar-refractivity contribution >= 4 is 27.7 Å². The van der Waals surface area contributed by atoms with Crippen LogP contribution >= 0.6 is 27.7 Å². The summed E-state index contributed by atoms with van der Waals surface area (Å²) in [5.74, 6) is 0.762. The molecule has 0 aliphatic rings. The van der Waals surface area contributed by atoms with Gasteiger partial charge in [0.1, 0.15) is 0 Å². The van der Waals surface area contributed by atoms with Gasteiger partial charge in [-0.3, -0.25) is 4.98 Å². The predicted molar refractivity (Wildman–Crippen MR) is 60.0 cm³/mol. The zero-order valence-electron chi connectivity index (χ0n) is 7.40. The van der Waals surface area contributed by atoms with E-state index in [4.69, 9.17) is 0 Å². The van der Waals surface area contributed by atoms with E-state index in [9.17, 15) is 5.11 Å². The van der Waals surface area contributed by atoms with Gasteiger partial charge in [0.15, 0.2) is 0 Å². The number of rotatable bonds is 4. The first-order valence-electron chi connectivity index (χ1n) is 4.00. The van der Waals surface area contributed by atoms with Crippen molar-refractivity contribution in [2.24, 2.45) is 0 Å². The maximum absolute atomic E-state index is 9.50. The fourth-order valence-electron chi connectivity index (χ4n) is 1.02. The Morgan fingerprint density at radius 2 is 2.38 bits per heavy atom. The number of aliphatic hydroxyl groups excluding tert-OH is 1. The number of aromatic nitrogens is 1. The highest BCUT2D eigenvalue weighted by atomic mass is 79.9. The molecule has 0 aromatic carbocycles. The first-order valence-corrected chi connectivity index (χ1v) is 6.18.